The van der Waals surface area contributed by atoms with Crippen LogP contribution in [0, 0.1) is 34.6 Å². The van der Waals surface area contributed by atoms with Crippen LogP contribution in [-0.4, -0.2) is 61.0 Å². The molecule has 9 nitrogen and oxygen atoms in total. The monoisotopic (exact) mass is 807 g/mol. The summed E-state index contributed by atoms with van der Waals surface area (Å²) in [4.78, 5) is 23.1. The summed E-state index contributed by atoms with van der Waals surface area (Å²) >= 11 is 0. The fraction of sp³-hybridized carbons (Fsp3) is 0.173. The zero-order chi connectivity index (χ0) is 42.8. The summed E-state index contributed by atoms with van der Waals surface area (Å²) < 4.78 is 12.7. The number of fused-ring (bicyclic) bond motifs is 5. The number of rotatable bonds is 0. The molecule has 2 aliphatic heterocycles. The fourth-order valence-electron chi connectivity index (χ4n) is 6.19. The van der Waals surface area contributed by atoms with Gasteiger partial charge in [-0.05, 0) is 130 Å². The van der Waals surface area contributed by atoms with E-state index in [1.165, 1.54) is 38.6 Å². The third-order valence-electron chi connectivity index (χ3n) is 9.33. The van der Waals surface area contributed by atoms with Gasteiger partial charge in [-0.2, -0.15) is 0 Å². The Bertz CT molecular complexity index is 2670. The van der Waals surface area contributed by atoms with E-state index < -0.39 is 0 Å². The van der Waals surface area contributed by atoms with Crippen molar-refractivity contribution in [1.82, 2.24) is 34.2 Å². The van der Waals surface area contributed by atoms with Gasteiger partial charge in [0.1, 0.15) is 18.9 Å². The van der Waals surface area contributed by atoms with Crippen molar-refractivity contribution in [2.24, 2.45) is 0 Å². The SMILES string of the molecule is CN1C=CC=CC1.Cc1ccc2c(c1)OCCO2.Cc1ccc2ncccc2c1.Cc1ccc2nccn2c1.Cc1ccc2nccnc2c1.Cc1cnc2ccccc2c1. The number of hydrogen-bond acceptors (Lipinski definition) is 8. The molecular weight excluding hydrogens is 755 g/mol. The number of imidazole rings is 1. The van der Waals surface area contributed by atoms with Crippen LogP contribution < -0.4 is 9.47 Å². The van der Waals surface area contributed by atoms with Crippen LogP contribution in [0.4, 0.5) is 0 Å². The number of likely N-dealkylation sites (N-methyl/N-ethyl adjacent to an activating group) is 1. The molecule has 11 rings (SSSR count). The minimum atomic E-state index is 0.663. The van der Waals surface area contributed by atoms with E-state index in [9.17, 15) is 0 Å². The second-order valence-corrected chi connectivity index (χ2v) is 14.7. The Balaban J connectivity index is 0.000000123. The first-order valence-corrected chi connectivity index (χ1v) is 20.3. The van der Waals surface area contributed by atoms with E-state index in [0.717, 1.165) is 45.8 Å². The molecule has 0 N–H and O–H groups in total. The van der Waals surface area contributed by atoms with Crippen molar-refractivity contribution in [2.45, 2.75) is 34.6 Å². The summed E-state index contributed by atoms with van der Waals surface area (Å²) in [6.45, 7) is 12.7. The molecule has 2 aliphatic rings. The van der Waals surface area contributed by atoms with Crippen LogP contribution >= 0.6 is 0 Å². The number of allylic oxidation sites excluding steroid dienone is 2. The molecule has 0 spiro atoms. The van der Waals surface area contributed by atoms with Gasteiger partial charge in [0.05, 0.1) is 22.1 Å². The predicted molar refractivity (Wildman–Crippen MR) is 250 cm³/mol. The smallest absolute Gasteiger partial charge is 0.161 e. The quantitative estimate of drug-likeness (QED) is 0.150. The molecular formula is C52H53N7O2. The van der Waals surface area contributed by atoms with Crippen LogP contribution in [0.25, 0.3) is 38.5 Å². The van der Waals surface area contributed by atoms with Gasteiger partial charge in [-0.1, -0.05) is 66.2 Å². The maximum absolute atomic E-state index is 5.38. The Morgan fingerprint density at radius 3 is 1.90 bits per heavy atom. The summed E-state index contributed by atoms with van der Waals surface area (Å²) in [5.74, 6) is 1.73. The normalized spacial score (nSPS) is 12.0. The third-order valence-corrected chi connectivity index (χ3v) is 9.33. The van der Waals surface area contributed by atoms with Gasteiger partial charge < -0.3 is 18.8 Å². The number of pyridine rings is 3. The van der Waals surface area contributed by atoms with E-state index in [1.807, 2.05) is 116 Å². The van der Waals surface area contributed by atoms with Crippen molar-refractivity contribution in [3.05, 3.63) is 205 Å². The Hall–Kier alpha value is -7.39. The van der Waals surface area contributed by atoms with Gasteiger partial charge in [0.25, 0.3) is 0 Å². The van der Waals surface area contributed by atoms with Crippen molar-refractivity contribution in [3.8, 4) is 11.5 Å². The van der Waals surface area contributed by atoms with Crippen molar-refractivity contribution < 1.29 is 9.47 Å². The molecule has 0 amide bonds. The van der Waals surface area contributed by atoms with Gasteiger partial charge in [0.2, 0.25) is 0 Å². The lowest BCUT2D eigenvalue weighted by Crippen LogP contribution is -2.15. The molecule has 0 unspecified atom stereocenters. The first-order chi connectivity index (χ1) is 29.7. The number of aryl methyl sites for hydroxylation is 5. The van der Waals surface area contributed by atoms with E-state index in [2.05, 4.69) is 119 Å². The topological polar surface area (TPSA) is 90.6 Å². The standard InChI is InChI=1S/2C10H9N.C9H8N2.C9H10O2.C8H8N2.C6H9N/c1-8-4-5-10-9(7-8)3-2-6-11-10;1-8-6-9-4-2-3-5-10(9)11-7-8;2*1-7-2-3-8-9(6-7)11-5-4-10-8;1-7-2-3-8-9-4-5-10(8)6-7;1-7-5-3-2-4-6-7/h2*2-7H,1H3;2-6H,1H3;2-3,6H,4-5H2,1H3;2-6H,1H3;2-5H,6H2,1H3. The number of benzene rings is 4. The highest BCUT2D eigenvalue weighted by Gasteiger charge is 2.09. The average Bonchev–Trinajstić information content (AvgIpc) is 3.75. The van der Waals surface area contributed by atoms with Gasteiger partial charge >= 0.3 is 0 Å². The van der Waals surface area contributed by atoms with Crippen LogP contribution in [0.5, 0.6) is 11.5 Å². The molecule has 9 aromatic rings. The van der Waals surface area contributed by atoms with Gasteiger partial charge in [-0.25, -0.2) is 4.98 Å². The van der Waals surface area contributed by atoms with E-state index >= 15 is 0 Å². The molecule has 0 radical (unpaired) electrons. The van der Waals surface area contributed by atoms with Crippen LogP contribution in [0.15, 0.2) is 177 Å². The lowest BCUT2D eigenvalue weighted by atomic mass is 10.1. The zero-order valence-corrected chi connectivity index (χ0v) is 35.8. The molecule has 7 heterocycles. The maximum Gasteiger partial charge on any atom is 0.161 e. The van der Waals surface area contributed by atoms with E-state index in [1.54, 1.807) is 18.6 Å². The van der Waals surface area contributed by atoms with Gasteiger partial charge in [0.15, 0.2) is 11.5 Å². The average molecular weight is 808 g/mol. The Kier molecular flexibility index (Phi) is 15.7. The van der Waals surface area contributed by atoms with Gasteiger partial charge in [-0.3, -0.25) is 19.9 Å². The molecule has 9 heteroatoms. The van der Waals surface area contributed by atoms with E-state index in [-0.39, 0.29) is 0 Å². The fourth-order valence-corrected chi connectivity index (χ4v) is 6.19. The summed E-state index contributed by atoms with van der Waals surface area (Å²) in [6.07, 6.45) is 21.2. The summed E-state index contributed by atoms with van der Waals surface area (Å²) in [6, 6.07) is 36.7. The Morgan fingerprint density at radius 2 is 1.13 bits per heavy atom. The molecule has 0 saturated carbocycles. The lowest BCUT2D eigenvalue weighted by Gasteiger charge is -2.18. The van der Waals surface area contributed by atoms with Crippen LogP contribution in [0.2, 0.25) is 0 Å². The number of aromatic nitrogens is 6. The largest absolute Gasteiger partial charge is 0.486 e. The van der Waals surface area contributed by atoms with Crippen LogP contribution in [-0.2, 0) is 0 Å². The molecule has 0 aliphatic carbocycles. The molecule has 4 aromatic carbocycles. The summed E-state index contributed by atoms with van der Waals surface area (Å²) in [5, 5.41) is 2.43. The molecule has 0 saturated heterocycles. The molecule has 61 heavy (non-hydrogen) atoms. The minimum absolute atomic E-state index is 0.663. The number of ether oxygens (including phenoxy) is 2. The van der Waals surface area contributed by atoms with E-state index in [4.69, 9.17) is 9.47 Å². The zero-order valence-electron chi connectivity index (χ0n) is 35.8. The molecule has 308 valence electrons. The van der Waals surface area contributed by atoms with Crippen LogP contribution in [0.1, 0.15) is 27.8 Å². The van der Waals surface area contributed by atoms with Crippen molar-refractivity contribution in [3.63, 3.8) is 0 Å². The number of nitrogens with zero attached hydrogens (tertiary/aromatic N) is 7. The third kappa shape index (κ3) is 13.6. The first-order valence-electron chi connectivity index (χ1n) is 20.3. The molecule has 0 fully saturated rings. The summed E-state index contributed by atoms with van der Waals surface area (Å²) in [5.41, 5.74) is 11.2. The molecule has 5 aromatic heterocycles. The number of para-hydroxylation sites is 1. The second-order valence-electron chi connectivity index (χ2n) is 14.7. The lowest BCUT2D eigenvalue weighted by molar-refractivity contribution is 0.171. The highest BCUT2D eigenvalue weighted by molar-refractivity contribution is 5.79. The van der Waals surface area contributed by atoms with Crippen molar-refractivity contribution in [1.29, 1.82) is 0 Å². The van der Waals surface area contributed by atoms with Crippen molar-refractivity contribution in [2.75, 3.05) is 26.8 Å². The Labute approximate surface area is 358 Å². The van der Waals surface area contributed by atoms with Crippen molar-refractivity contribution >= 4 is 38.5 Å². The molecule has 0 bridgehead atoms. The highest BCUT2D eigenvalue weighted by Crippen LogP contribution is 2.30. The van der Waals surface area contributed by atoms with Gasteiger partial charge in [-0.15, -0.1) is 0 Å². The summed E-state index contributed by atoms with van der Waals surface area (Å²) in [7, 11) is 2.06. The van der Waals surface area contributed by atoms with Crippen LogP contribution in [0.3, 0.4) is 0 Å². The number of hydrogen-bond donors (Lipinski definition) is 0. The highest BCUT2D eigenvalue weighted by atomic mass is 16.6. The Morgan fingerprint density at radius 1 is 0.492 bits per heavy atom. The minimum Gasteiger partial charge on any atom is -0.486 e. The maximum atomic E-state index is 5.38. The predicted octanol–water partition coefficient (Wildman–Crippen LogP) is 11.4. The van der Waals surface area contributed by atoms with Gasteiger partial charge in [0, 0.05) is 67.7 Å². The molecule has 0 atom stereocenters. The second kappa shape index (κ2) is 22.1. The first kappa shape index (κ1) is 43.2. The van der Waals surface area contributed by atoms with E-state index in [0.29, 0.717) is 13.2 Å².